The van der Waals surface area contributed by atoms with E-state index in [0.717, 1.165) is 23.9 Å². The molecule has 1 aliphatic rings. The molecule has 0 saturated carbocycles. The Kier molecular flexibility index (Phi) is 5.03. The summed E-state index contributed by atoms with van der Waals surface area (Å²) in [5, 5.41) is 1.07. The Bertz CT molecular complexity index is 1070. The summed E-state index contributed by atoms with van der Waals surface area (Å²) in [5.74, 6) is 0.620. The van der Waals surface area contributed by atoms with Crippen LogP contribution >= 0.6 is 0 Å². The van der Waals surface area contributed by atoms with Gasteiger partial charge in [0.1, 0.15) is 5.75 Å². The Labute approximate surface area is 165 Å². The lowest BCUT2D eigenvalue weighted by Gasteiger charge is -2.18. The SMILES string of the molecule is COc1ccc(S(=O)(=O)Nc2ccc3[nH]cc(C[C@@H]4CCCN4C)c3c2)cc1. The first kappa shape index (κ1) is 18.8. The van der Waals surface area contributed by atoms with Crippen LogP contribution in [0.1, 0.15) is 18.4 Å². The predicted molar refractivity (Wildman–Crippen MR) is 111 cm³/mol. The van der Waals surface area contributed by atoms with Gasteiger partial charge in [0, 0.05) is 28.8 Å². The number of nitrogens with one attached hydrogen (secondary N) is 2. The molecule has 1 atom stereocenters. The van der Waals surface area contributed by atoms with Crippen molar-refractivity contribution in [3.05, 3.63) is 54.2 Å². The lowest BCUT2D eigenvalue weighted by molar-refractivity contribution is 0.310. The number of likely N-dealkylation sites (tertiary alicyclic amines) is 1. The molecule has 2 heterocycles. The molecule has 0 amide bonds. The van der Waals surface area contributed by atoms with Crippen LogP contribution in [0.5, 0.6) is 5.75 Å². The van der Waals surface area contributed by atoms with Crippen molar-refractivity contribution in [2.24, 2.45) is 0 Å². The maximum absolute atomic E-state index is 12.7. The van der Waals surface area contributed by atoms with Gasteiger partial charge in [-0.2, -0.15) is 0 Å². The van der Waals surface area contributed by atoms with Gasteiger partial charge in [-0.15, -0.1) is 0 Å². The molecule has 2 aromatic carbocycles. The minimum absolute atomic E-state index is 0.204. The number of rotatable bonds is 6. The third-order valence-electron chi connectivity index (χ3n) is 5.52. The molecule has 1 aliphatic heterocycles. The molecule has 148 valence electrons. The van der Waals surface area contributed by atoms with Gasteiger partial charge >= 0.3 is 0 Å². The van der Waals surface area contributed by atoms with Gasteiger partial charge < -0.3 is 14.6 Å². The van der Waals surface area contributed by atoms with Crippen molar-refractivity contribution < 1.29 is 13.2 Å². The fourth-order valence-corrected chi connectivity index (χ4v) is 4.92. The third kappa shape index (κ3) is 3.72. The second-order valence-corrected chi connectivity index (χ2v) is 9.02. The van der Waals surface area contributed by atoms with Crippen LogP contribution in [0.15, 0.2) is 53.6 Å². The molecule has 0 aliphatic carbocycles. The number of H-pyrrole nitrogens is 1. The van der Waals surface area contributed by atoms with Crippen LogP contribution in [0.2, 0.25) is 0 Å². The molecule has 6 nitrogen and oxygen atoms in total. The Morgan fingerprint density at radius 1 is 1.21 bits per heavy atom. The number of hydrogen-bond acceptors (Lipinski definition) is 4. The van der Waals surface area contributed by atoms with Gasteiger partial charge in [-0.05, 0) is 80.9 Å². The van der Waals surface area contributed by atoms with Crippen molar-refractivity contribution in [3.8, 4) is 5.75 Å². The molecule has 1 fully saturated rings. The summed E-state index contributed by atoms with van der Waals surface area (Å²) in [5.41, 5.74) is 2.80. The van der Waals surface area contributed by atoms with Crippen LogP contribution in [0.3, 0.4) is 0 Å². The Morgan fingerprint density at radius 2 is 2.00 bits per heavy atom. The van der Waals surface area contributed by atoms with E-state index in [-0.39, 0.29) is 4.90 Å². The molecule has 0 bridgehead atoms. The van der Waals surface area contributed by atoms with Crippen molar-refractivity contribution in [3.63, 3.8) is 0 Å². The Hall–Kier alpha value is -2.51. The molecule has 7 heteroatoms. The van der Waals surface area contributed by atoms with E-state index >= 15 is 0 Å². The van der Waals surface area contributed by atoms with Crippen LogP contribution in [-0.2, 0) is 16.4 Å². The molecule has 1 saturated heterocycles. The first-order valence-corrected chi connectivity index (χ1v) is 10.9. The number of benzene rings is 2. The zero-order valence-electron chi connectivity index (χ0n) is 16.1. The standard InChI is InChI=1S/C21H25N3O3S/c1-24-11-3-4-17(24)12-15-14-22-21-10-5-16(13-20(15)21)23-28(25,26)19-8-6-18(27-2)7-9-19/h5-10,13-14,17,22-23H,3-4,11-12H2,1-2H3/t17-/m0/s1. The molecule has 0 unspecified atom stereocenters. The monoisotopic (exact) mass is 399 g/mol. The highest BCUT2D eigenvalue weighted by atomic mass is 32.2. The van der Waals surface area contributed by atoms with Crippen molar-refractivity contribution in [2.75, 3.05) is 25.4 Å². The number of aromatic amines is 1. The average Bonchev–Trinajstić information content (AvgIpc) is 3.28. The highest BCUT2D eigenvalue weighted by molar-refractivity contribution is 7.92. The van der Waals surface area contributed by atoms with E-state index in [0.29, 0.717) is 17.5 Å². The fraction of sp³-hybridized carbons (Fsp3) is 0.333. The average molecular weight is 400 g/mol. The number of anilines is 1. The molecule has 0 radical (unpaired) electrons. The first-order chi connectivity index (χ1) is 13.5. The molecule has 2 N–H and O–H groups in total. The summed E-state index contributed by atoms with van der Waals surface area (Å²) in [6.07, 6.45) is 5.44. The summed E-state index contributed by atoms with van der Waals surface area (Å²) in [7, 11) is 0.0599. The van der Waals surface area contributed by atoms with Crippen LogP contribution in [0, 0.1) is 0 Å². The van der Waals surface area contributed by atoms with Crippen molar-refractivity contribution in [1.82, 2.24) is 9.88 Å². The Balaban J connectivity index is 1.59. The lowest BCUT2D eigenvalue weighted by atomic mass is 10.0. The van der Waals surface area contributed by atoms with Crippen molar-refractivity contribution in [2.45, 2.75) is 30.2 Å². The molecule has 3 aromatic rings. The minimum Gasteiger partial charge on any atom is -0.497 e. The zero-order valence-corrected chi connectivity index (χ0v) is 16.9. The highest BCUT2D eigenvalue weighted by Crippen LogP contribution is 2.28. The second kappa shape index (κ2) is 7.48. The van der Waals surface area contributed by atoms with Gasteiger partial charge in [0.2, 0.25) is 0 Å². The minimum atomic E-state index is -3.66. The van der Waals surface area contributed by atoms with E-state index < -0.39 is 10.0 Å². The molecule has 4 rings (SSSR count). The van der Waals surface area contributed by atoms with E-state index in [9.17, 15) is 8.42 Å². The topological polar surface area (TPSA) is 74.4 Å². The van der Waals surface area contributed by atoms with Crippen LogP contribution in [0.4, 0.5) is 5.69 Å². The van der Waals surface area contributed by atoms with Gasteiger partial charge in [-0.3, -0.25) is 4.72 Å². The quantitative estimate of drug-likeness (QED) is 0.664. The number of hydrogen-bond donors (Lipinski definition) is 2. The van der Waals surface area contributed by atoms with E-state index in [1.54, 1.807) is 25.3 Å². The van der Waals surface area contributed by atoms with Crippen LogP contribution in [-0.4, -0.2) is 45.0 Å². The third-order valence-corrected chi connectivity index (χ3v) is 6.91. The molecular formula is C21H25N3O3S. The number of sulfonamides is 1. The first-order valence-electron chi connectivity index (χ1n) is 9.43. The summed E-state index contributed by atoms with van der Waals surface area (Å²) < 4.78 is 33.2. The van der Waals surface area contributed by atoms with Gasteiger partial charge in [-0.25, -0.2) is 8.42 Å². The van der Waals surface area contributed by atoms with Crippen LogP contribution < -0.4 is 9.46 Å². The molecule has 1 aromatic heterocycles. The number of nitrogens with zero attached hydrogens (tertiary/aromatic N) is 1. The smallest absolute Gasteiger partial charge is 0.261 e. The van der Waals surface area contributed by atoms with E-state index in [2.05, 4.69) is 21.7 Å². The van der Waals surface area contributed by atoms with Crippen LogP contribution in [0.25, 0.3) is 10.9 Å². The zero-order chi connectivity index (χ0) is 19.7. The number of methoxy groups -OCH3 is 1. The fourth-order valence-electron chi connectivity index (χ4n) is 3.87. The summed E-state index contributed by atoms with van der Waals surface area (Å²) in [6.45, 7) is 1.14. The van der Waals surface area contributed by atoms with Gasteiger partial charge in [0.15, 0.2) is 0 Å². The summed E-state index contributed by atoms with van der Waals surface area (Å²) >= 11 is 0. The molecule has 28 heavy (non-hydrogen) atoms. The number of ether oxygens (including phenoxy) is 1. The van der Waals surface area contributed by atoms with Gasteiger partial charge in [-0.1, -0.05) is 0 Å². The maximum atomic E-state index is 12.7. The van der Waals surface area contributed by atoms with Crippen molar-refractivity contribution in [1.29, 1.82) is 0 Å². The second-order valence-electron chi connectivity index (χ2n) is 7.34. The van der Waals surface area contributed by atoms with Gasteiger partial charge in [0.25, 0.3) is 10.0 Å². The van der Waals surface area contributed by atoms with E-state index in [4.69, 9.17) is 4.74 Å². The van der Waals surface area contributed by atoms with E-state index in [1.165, 1.54) is 30.5 Å². The van der Waals surface area contributed by atoms with E-state index in [1.807, 2.05) is 18.3 Å². The summed E-state index contributed by atoms with van der Waals surface area (Å²) in [6, 6.07) is 12.5. The number of fused-ring (bicyclic) bond motifs is 1. The maximum Gasteiger partial charge on any atom is 0.261 e. The molecule has 0 spiro atoms. The lowest BCUT2D eigenvalue weighted by Crippen LogP contribution is -2.26. The number of likely N-dealkylation sites (N-methyl/N-ethyl adjacent to an activating group) is 1. The van der Waals surface area contributed by atoms with Crippen molar-refractivity contribution >= 4 is 26.6 Å². The summed E-state index contributed by atoms with van der Waals surface area (Å²) in [4.78, 5) is 5.90. The Morgan fingerprint density at radius 3 is 2.68 bits per heavy atom. The van der Waals surface area contributed by atoms with Gasteiger partial charge in [0.05, 0.1) is 12.0 Å². The number of aromatic nitrogens is 1. The largest absolute Gasteiger partial charge is 0.497 e. The molecular weight excluding hydrogens is 374 g/mol. The predicted octanol–water partition coefficient (Wildman–Crippen LogP) is 3.61. The normalized spacial score (nSPS) is 17.9. The highest BCUT2D eigenvalue weighted by Gasteiger charge is 2.22.